The molecule has 1 saturated carbocycles. The van der Waals surface area contributed by atoms with Gasteiger partial charge in [0, 0.05) is 24.0 Å². The predicted octanol–water partition coefficient (Wildman–Crippen LogP) is 0.809. The molecule has 0 N–H and O–H groups in total. The lowest BCUT2D eigenvalue weighted by molar-refractivity contribution is -0.308. The van der Waals surface area contributed by atoms with Crippen LogP contribution in [-0.2, 0) is 9.63 Å². The summed E-state index contributed by atoms with van der Waals surface area (Å²) >= 11 is 0. The zero-order valence-electron chi connectivity index (χ0n) is 9.69. The van der Waals surface area contributed by atoms with Crippen molar-refractivity contribution >= 4 is 12.2 Å². The van der Waals surface area contributed by atoms with E-state index in [4.69, 9.17) is 4.84 Å². The van der Waals surface area contributed by atoms with Gasteiger partial charge in [-0.1, -0.05) is 25.9 Å². The molecule has 0 spiro atoms. The van der Waals surface area contributed by atoms with Crippen LogP contribution >= 0.6 is 0 Å². The highest BCUT2D eigenvalue weighted by atomic mass is 16.6. The van der Waals surface area contributed by atoms with Crippen molar-refractivity contribution < 1.29 is 14.7 Å². The molecule has 0 saturated heterocycles. The number of carbonyl (C=O) groups excluding carboxylic acids is 1. The highest BCUT2D eigenvalue weighted by Crippen LogP contribution is 2.56. The zero-order valence-corrected chi connectivity index (χ0v) is 9.69. The van der Waals surface area contributed by atoms with E-state index in [9.17, 15) is 9.90 Å². The van der Waals surface area contributed by atoms with E-state index in [2.05, 4.69) is 5.16 Å². The summed E-state index contributed by atoms with van der Waals surface area (Å²) in [6.45, 7) is 7.72. The second kappa shape index (κ2) is 4.21. The molecule has 3 atom stereocenters. The average Bonchev–Trinajstić information content (AvgIpc) is 2.68. The Hall–Kier alpha value is -1.06. The Morgan fingerprint density at radius 2 is 2.27 bits per heavy atom. The van der Waals surface area contributed by atoms with Gasteiger partial charge in [-0.25, -0.2) is 0 Å². The van der Waals surface area contributed by atoms with E-state index in [0.717, 1.165) is 6.42 Å². The number of carboxylic acids is 1. The SMILES string of the molecule is CCC(C)O/N=C/C1C(C(=O)[O-])C1(C)C. The van der Waals surface area contributed by atoms with Crippen molar-refractivity contribution in [2.75, 3.05) is 0 Å². The molecule has 1 aliphatic rings. The maximum atomic E-state index is 10.7. The van der Waals surface area contributed by atoms with Gasteiger partial charge in [0.05, 0.1) is 0 Å². The summed E-state index contributed by atoms with van der Waals surface area (Å²) in [6, 6.07) is 0. The average molecular weight is 212 g/mol. The lowest BCUT2D eigenvalue weighted by Gasteiger charge is -2.04. The first-order chi connectivity index (χ1) is 6.91. The molecular formula is C11H18NO3-. The Kier molecular flexibility index (Phi) is 3.37. The number of aliphatic carboxylic acids is 1. The molecule has 15 heavy (non-hydrogen) atoms. The molecule has 0 aromatic heterocycles. The van der Waals surface area contributed by atoms with E-state index in [1.54, 1.807) is 6.21 Å². The molecule has 0 radical (unpaired) electrons. The quantitative estimate of drug-likeness (QED) is 0.500. The van der Waals surface area contributed by atoms with Crippen LogP contribution in [0.2, 0.25) is 0 Å². The fourth-order valence-electron chi connectivity index (χ4n) is 1.69. The number of carboxylic acid groups (broad SMARTS) is 1. The Morgan fingerprint density at radius 3 is 2.67 bits per heavy atom. The molecule has 0 bridgehead atoms. The van der Waals surface area contributed by atoms with Gasteiger partial charge in [-0.3, -0.25) is 0 Å². The minimum Gasteiger partial charge on any atom is -0.550 e. The molecule has 0 aromatic carbocycles. The number of hydrogen-bond donors (Lipinski definition) is 0. The molecule has 86 valence electrons. The summed E-state index contributed by atoms with van der Waals surface area (Å²) < 4.78 is 0. The van der Waals surface area contributed by atoms with Gasteiger partial charge in [-0.2, -0.15) is 0 Å². The van der Waals surface area contributed by atoms with Crippen molar-refractivity contribution in [3.63, 3.8) is 0 Å². The molecule has 0 aromatic rings. The minimum atomic E-state index is -1.00. The van der Waals surface area contributed by atoms with E-state index >= 15 is 0 Å². The summed E-state index contributed by atoms with van der Waals surface area (Å²) in [4.78, 5) is 15.8. The van der Waals surface area contributed by atoms with Crippen molar-refractivity contribution in [3.05, 3.63) is 0 Å². The number of rotatable bonds is 5. The lowest BCUT2D eigenvalue weighted by Crippen LogP contribution is -2.26. The van der Waals surface area contributed by atoms with Crippen LogP contribution in [0.25, 0.3) is 0 Å². The van der Waals surface area contributed by atoms with E-state index in [1.807, 2.05) is 27.7 Å². The van der Waals surface area contributed by atoms with E-state index in [-0.39, 0.29) is 17.4 Å². The van der Waals surface area contributed by atoms with Crippen molar-refractivity contribution in [2.45, 2.75) is 40.2 Å². The first kappa shape index (κ1) is 12.0. The molecule has 4 nitrogen and oxygen atoms in total. The minimum absolute atomic E-state index is 0.0634. The van der Waals surface area contributed by atoms with Crippen LogP contribution in [0.1, 0.15) is 34.1 Å². The normalized spacial score (nSPS) is 30.1. The Morgan fingerprint density at radius 1 is 1.67 bits per heavy atom. The summed E-state index contributed by atoms with van der Waals surface area (Å²) in [5.74, 6) is -1.49. The van der Waals surface area contributed by atoms with Gasteiger partial charge in [0.25, 0.3) is 0 Å². The van der Waals surface area contributed by atoms with E-state index < -0.39 is 11.9 Å². The molecular weight excluding hydrogens is 194 g/mol. The van der Waals surface area contributed by atoms with Gasteiger partial charge in [-0.05, 0) is 18.8 Å². The fourth-order valence-corrected chi connectivity index (χ4v) is 1.69. The van der Waals surface area contributed by atoms with Gasteiger partial charge < -0.3 is 14.7 Å². The second-order valence-corrected chi connectivity index (χ2v) is 4.72. The zero-order chi connectivity index (χ0) is 11.6. The van der Waals surface area contributed by atoms with Gasteiger partial charge in [-0.15, -0.1) is 0 Å². The van der Waals surface area contributed by atoms with Crippen LogP contribution in [0.3, 0.4) is 0 Å². The number of hydrogen-bond acceptors (Lipinski definition) is 4. The van der Waals surface area contributed by atoms with Gasteiger partial charge in [0.1, 0.15) is 6.10 Å². The van der Waals surface area contributed by atoms with Crippen LogP contribution in [0.15, 0.2) is 5.16 Å². The first-order valence-corrected chi connectivity index (χ1v) is 5.31. The summed E-state index contributed by atoms with van der Waals surface area (Å²) in [6.07, 6.45) is 2.55. The number of carbonyl (C=O) groups is 1. The summed E-state index contributed by atoms with van der Waals surface area (Å²) in [5.41, 5.74) is -0.249. The standard InChI is InChI=1S/C11H19NO3/c1-5-7(2)15-12-6-8-9(10(13)14)11(8,3)4/h6-9H,5H2,1-4H3,(H,13,14)/p-1/b12-6+. The third kappa shape index (κ3) is 2.49. The van der Waals surface area contributed by atoms with Crippen molar-refractivity contribution in [3.8, 4) is 0 Å². The Bertz CT molecular complexity index is 273. The first-order valence-electron chi connectivity index (χ1n) is 5.31. The van der Waals surface area contributed by atoms with E-state index in [1.165, 1.54) is 0 Å². The Labute approximate surface area is 90.3 Å². The van der Waals surface area contributed by atoms with Crippen LogP contribution in [0.5, 0.6) is 0 Å². The van der Waals surface area contributed by atoms with Crippen LogP contribution < -0.4 is 5.11 Å². The monoisotopic (exact) mass is 212 g/mol. The van der Waals surface area contributed by atoms with Crippen molar-refractivity contribution in [2.24, 2.45) is 22.4 Å². The molecule has 0 aliphatic heterocycles. The van der Waals surface area contributed by atoms with Crippen LogP contribution in [0.4, 0.5) is 0 Å². The largest absolute Gasteiger partial charge is 0.550 e. The third-order valence-electron chi connectivity index (χ3n) is 3.20. The fraction of sp³-hybridized carbons (Fsp3) is 0.818. The highest BCUT2D eigenvalue weighted by molar-refractivity contribution is 5.82. The summed E-state index contributed by atoms with van der Waals surface area (Å²) in [5, 5.41) is 14.5. The topological polar surface area (TPSA) is 61.7 Å². The van der Waals surface area contributed by atoms with Gasteiger partial charge in [0.15, 0.2) is 0 Å². The predicted molar refractivity (Wildman–Crippen MR) is 55.1 cm³/mol. The van der Waals surface area contributed by atoms with Crippen molar-refractivity contribution in [1.82, 2.24) is 0 Å². The molecule has 0 amide bonds. The number of oxime groups is 1. The maximum Gasteiger partial charge on any atom is 0.124 e. The molecule has 1 rings (SSSR count). The highest BCUT2D eigenvalue weighted by Gasteiger charge is 2.57. The van der Waals surface area contributed by atoms with Crippen LogP contribution in [0, 0.1) is 17.3 Å². The second-order valence-electron chi connectivity index (χ2n) is 4.72. The van der Waals surface area contributed by atoms with E-state index in [0.29, 0.717) is 0 Å². The van der Waals surface area contributed by atoms with Crippen LogP contribution in [-0.4, -0.2) is 18.3 Å². The van der Waals surface area contributed by atoms with Gasteiger partial charge >= 0.3 is 0 Å². The van der Waals surface area contributed by atoms with Gasteiger partial charge in [0.2, 0.25) is 0 Å². The smallest absolute Gasteiger partial charge is 0.124 e. The molecule has 4 heteroatoms. The third-order valence-corrected chi connectivity index (χ3v) is 3.20. The number of nitrogens with zero attached hydrogens (tertiary/aromatic N) is 1. The molecule has 1 fully saturated rings. The maximum absolute atomic E-state index is 10.7. The lowest BCUT2D eigenvalue weighted by atomic mass is 10.1. The summed E-state index contributed by atoms with van der Waals surface area (Å²) in [7, 11) is 0. The molecule has 1 aliphatic carbocycles. The van der Waals surface area contributed by atoms with Crippen molar-refractivity contribution in [1.29, 1.82) is 0 Å². The molecule has 0 heterocycles. The molecule has 3 unspecified atom stereocenters. The Balaban J connectivity index is 2.44.